The number of ketones is 1. The summed E-state index contributed by atoms with van der Waals surface area (Å²) in [5.74, 6) is -1.60. The molecule has 1 aromatic heterocycles. The smallest absolute Gasteiger partial charge is 0.294 e. The fraction of sp³-hybridized carbons (Fsp3) is 0.545. The highest BCUT2D eigenvalue weighted by Gasteiger charge is 2.42. The summed E-state index contributed by atoms with van der Waals surface area (Å²) in [7, 11) is 0. The van der Waals surface area contributed by atoms with Gasteiger partial charge in [0, 0.05) is 4.88 Å². The van der Waals surface area contributed by atoms with Crippen molar-refractivity contribution in [3.05, 3.63) is 20.3 Å². The van der Waals surface area contributed by atoms with Gasteiger partial charge in [0.15, 0.2) is 5.78 Å². The Morgan fingerprint density at radius 2 is 2.12 bits per heavy atom. The van der Waals surface area contributed by atoms with Crippen LogP contribution in [-0.2, 0) is 12.8 Å². The number of hydrogen-bond acceptors (Lipinski definition) is 2. The van der Waals surface area contributed by atoms with Crippen molar-refractivity contribution in [2.24, 2.45) is 5.92 Å². The highest BCUT2D eigenvalue weighted by atomic mass is 35.5. The van der Waals surface area contributed by atoms with Gasteiger partial charge in [-0.15, -0.1) is 11.3 Å². The van der Waals surface area contributed by atoms with E-state index in [1.54, 1.807) is 0 Å². The molecule has 94 valence electrons. The van der Waals surface area contributed by atoms with Crippen molar-refractivity contribution in [3.8, 4) is 0 Å². The van der Waals surface area contributed by atoms with Crippen LogP contribution in [0.2, 0.25) is 4.34 Å². The highest BCUT2D eigenvalue weighted by molar-refractivity contribution is 7.16. The minimum atomic E-state index is -4.19. The first kappa shape index (κ1) is 12.9. The van der Waals surface area contributed by atoms with Crippen LogP contribution in [0.25, 0.3) is 0 Å². The molecule has 1 heterocycles. The van der Waals surface area contributed by atoms with E-state index < -0.39 is 12.1 Å². The number of hydrogen-bond donors (Lipinski definition) is 0. The van der Waals surface area contributed by atoms with E-state index in [9.17, 15) is 18.0 Å². The number of carbonyl (C=O) groups is 1. The minimum Gasteiger partial charge on any atom is -0.294 e. The fourth-order valence-electron chi connectivity index (χ4n) is 2.18. The lowest BCUT2D eigenvalue weighted by atomic mass is 9.85. The van der Waals surface area contributed by atoms with Gasteiger partial charge in [-0.3, -0.25) is 4.79 Å². The van der Waals surface area contributed by atoms with E-state index in [2.05, 4.69) is 0 Å². The SMILES string of the molecule is CC(=O)c1c(Cl)sc2c1CC(C(F)(F)F)CC2. The normalized spacial score (nSPS) is 20.2. The topological polar surface area (TPSA) is 17.1 Å². The second kappa shape index (κ2) is 4.28. The number of aryl methyl sites for hydroxylation is 1. The molecule has 1 nitrogen and oxygen atoms in total. The second-order valence-electron chi connectivity index (χ2n) is 4.19. The highest BCUT2D eigenvalue weighted by Crippen LogP contribution is 2.43. The van der Waals surface area contributed by atoms with Gasteiger partial charge in [-0.25, -0.2) is 0 Å². The van der Waals surface area contributed by atoms with Gasteiger partial charge in [0.25, 0.3) is 0 Å². The van der Waals surface area contributed by atoms with E-state index in [1.807, 2.05) is 0 Å². The van der Waals surface area contributed by atoms with Gasteiger partial charge < -0.3 is 0 Å². The molecular weight excluding hydrogens is 273 g/mol. The molecule has 0 spiro atoms. The lowest BCUT2D eigenvalue weighted by Gasteiger charge is -2.24. The van der Waals surface area contributed by atoms with Crippen LogP contribution >= 0.6 is 22.9 Å². The van der Waals surface area contributed by atoms with Crippen molar-refractivity contribution in [2.75, 3.05) is 0 Å². The molecule has 0 amide bonds. The molecule has 0 saturated heterocycles. The predicted molar refractivity (Wildman–Crippen MR) is 60.9 cm³/mol. The largest absolute Gasteiger partial charge is 0.392 e. The summed E-state index contributed by atoms with van der Waals surface area (Å²) in [5.41, 5.74) is 0.807. The zero-order valence-electron chi connectivity index (χ0n) is 9.03. The second-order valence-corrected chi connectivity index (χ2v) is 5.90. The summed E-state index contributed by atoms with van der Waals surface area (Å²) in [6.07, 6.45) is -3.86. The quantitative estimate of drug-likeness (QED) is 0.703. The summed E-state index contributed by atoms with van der Waals surface area (Å²) in [6, 6.07) is 0. The summed E-state index contributed by atoms with van der Waals surface area (Å²) < 4.78 is 38.3. The van der Waals surface area contributed by atoms with Gasteiger partial charge in [-0.1, -0.05) is 11.6 Å². The van der Waals surface area contributed by atoms with Crippen LogP contribution < -0.4 is 0 Å². The van der Waals surface area contributed by atoms with Crippen LogP contribution in [0.1, 0.15) is 34.1 Å². The molecule has 1 aliphatic carbocycles. The number of carbonyl (C=O) groups excluding carboxylic acids is 1. The molecule has 6 heteroatoms. The van der Waals surface area contributed by atoms with Gasteiger partial charge in [-0.2, -0.15) is 13.2 Å². The Bertz CT molecular complexity index is 464. The van der Waals surface area contributed by atoms with Gasteiger partial charge in [-0.05, 0) is 31.7 Å². The summed E-state index contributed by atoms with van der Waals surface area (Å²) in [5, 5.41) is 0. The number of rotatable bonds is 1. The summed E-state index contributed by atoms with van der Waals surface area (Å²) >= 11 is 7.14. The summed E-state index contributed by atoms with van der Waals surface area (Å²) in [4.78, 5) is 12.2. The van der Waals surface area contributed by atoms with Gasteiger partial charge in [0.05, 0.1) is 11.5 Å². The molecule has 0 N–H and O–H groups in total. The molecule has 0 radical (unpaired) electrons. The van der Waals surface area contributed by atoms with E-state index >= 15 is 0 Å². The molecular formula is C11H10ClF3OS. The zero-order chi connectivity index (χ0) is 12.8. The van der Waals surface area contributed by atoms with E-state index in [4.69, 9.17) is 11.6 Å². The van der Waals surface area contributed by atoms with Crippen LogP contribution in [0.4, 0.5) is 13.2 Å². The van der Waals surface area contributed by atoms with Crippen molar-refractivity contribution in [2.45, 2.75) is 32.4 Å². The third-order valence-corrected chi connectivity index (χ3v) is 4.53. The Balaban J connectivity index is 2.39. The van der Waals surface area contributed by atoms with Crippen molar-refractivity contribution in [1.29, 1.82) is 0 Å². The maximum Gasteiger partial charge on any atom is 0.392 e. The Kier molecular flexibility index (Phi) is 3.25. The molecule has 1 aliphatic rings. The Morgan fingerprint density at radius 1 is 1.47 bits per heavy atom. The molecule has 0 aromatic carbocycles. The van der Waals surface area contributed by atoms with Crippen molar-refractivity contribution in [1.82, 2.24) is 0 Å². The molecule has 17 heavy (non-hydrogen) atoms. The Labute approximate surface area is 106 Å². The van der Waals surface area contributed by atoms with Gasteiger partial charge >= 0.3 is 6.18 Å². The molecule has 0 aliphatic heterocycles. The van der Waals surface area contributed by atoms with Crippen LogP contribution in [0.5, 0.6) is 0 Å². The molecule has 0 fully saturated rings. The standard InChI is InChI=1S/C11H10ClF3OS/c1-5(16)9-7-4-6(11(13,14)15)2-3-8(7)17-10(9)12/h6H,2-4H2,1H3. The zero-order valence-corrected chi connectivity index (χ0v) is 10.6. The number of halogens is 4. The number of thiophene rings is 1. The van der Waals surface area contributed by atoms with Gasteiger partial charge in [0.1, 0.15) is 4.34 Å². The van der Waals surface area contributed by atoms with Crippen LogP contribution in [-0.4, -0.2) is 12.0 Å². The predicted octanol–water partition coefficient (Wildman–Crippen LogP) is 4.27. The monoisotopic (exact) mass is 282 g/mol. The molecule has 0 bridgehead atoms. The lowest BCUT2D eigenvalue weighted by Crippen LogP contribution is -2.28. The van der Waals surface area contributed by atoms with Crippen molar-refractivity contribution in [3.63, 3.8) is 0 Å². The maximum atomic E-state index is 12.7. The van der Waals surface area contributed by atoms with Crippen molar-refractivity contribution >= 4 is 28.7 Å². The molecule has 1 atom stereocenters. The molecule has 1 aromatic rings. The average Bonchev–Trinajstić information content (AvgIpc) is 2.50. The average molecular weight is 283 g/mol. The fourth-order valence-corrected chi connectivity index (χ4v) is 3.82. The molecule has 0 saturated carbocycles. The first-order chi connectivity index (χ1) is 7.80. The van der Waals surface area contributed by atoms with E-state index in [0.29, 0.717) is 21.9 Å². The third kappa shape index (κ3) is 2.36. The lowest BCUT2D eigenvalue weighted by molar-refractivity contribution is -0.176. The van der Waals surface area contributed by atoms with Gasteiger partial charge in [0.2, 0.25) is 0 Å². The number of fused-ring (bicyclic) bond motifs is 1. The molecule has 2 rings (SSSR count). The Hall–Kier alpha value is -0.550. The number of Topliss-reactive ketones (excluding diaryl/α,β-unsaturated/α-hetero) is 1. The van der Waals surface area contributed by atoms with Crippen molar-refractivity contribution < 1.29 is 18.0 Å². The van der Waals surface area contributed by atoms with E-state index in [-0.39, 0.29) is 18.6 Å². The van der Waals surface area contributed by atoms with Crippen LogP contribution in [0, 0.1) is 5.92 Å². The van der Waals surface area contributed by atoms with Crippen LogP contribution in [0.15, 0.2) is 0 Å². The first-order valence-corrected chi connectivity index (χ1v) is 6.38. The minimum absolute atomic E-state index is 0.0880. The van der Waals surface area contributed by atoms with E-state index in [0.717, 1.165) is 4.88 Å². The third-order valence-electron chi connectivity index (χ3n) is 3.03. The van der Waals surface area contributed by atoms with Crippen LogP contribution in [0.3, 0.4) is 0 Å². The first-order valence-electron chi connectivity index (χ1n) is 5.18. The van der Waals surface area contributed by atoms with E-state index in [1.165, 1.54) is 18.3 Å². The Morgan fingerprint density at radius 3 is 2.65 bits per heavy atom. The summed E-state index contributed by atoms with van der Waals surface area (Å²) in [6.45, 7) is 1.34. The number of alkyl halides is 3. The maximum absolute atomic E-state index is 12.7. The molecule has 1 unspecified atom stereocenters.